The predicted molar refractivity (Wildman–Crippen MR) is 231 cm³/mol. The van der Waals surface area contributed by atoms with Crippen molar-refractivity contribution in [3.8, 4) is 0 Å². The van der Waals surface area contributed by atoms with Gasteiger partial charge in [-0.3, -0.25) is 9.59 Å². The van der Waals surface area contributed by atoms with Crippen LogP contribution in [0.1, 0.15) is 181 Å². The van der Waals surface area contributed by atoms with E-state index in [1.54, 1.807) is 0 Å². The fourth-order valence-corrected chi connectivity index (χ4v) is 6.09. The Labute approximate surface area is 332 Å². The van der Waals surface area contributed by atoms with Crippen LogP contribution in [0.5, 0.6) is 0 Å². The van der Waals surface area contributed by atoms with Crippen LogP contribution in [0.25, 0.3) is 0 Å². The number of allylic oxidation sites excluding steroid dienone is 14. The maximum absolute atomic E-state index is 13.1. The second-order valence-electron chi connectivity index (χ2n) is 14.5. The zero-order valence-electron chi connectivity index (χ0n) is 34.8. The molecule has 0 spiro atoms. The van der Waals surface area contributed by atoms with Crippen LogP contribution >= 0.6 is 0 Å². The van der Waals surface area contributed by atoms with Gasteiger partial charge >= 0.3 is 5.97 Å². The third kappa shape index (κ3) is 36.0. The first-order valence-corrected chi connectivity index (χ1v) is 21.9. The molecule has 3 atom stereocenters. The van der Waals surface area contributed by atoms with Gasteiger partial charge in [-0.1, -0.05) is 189 Å². The fraction of sp³-hybridized carbons (Fsp3) is 0.667. The van der Waals surface area contributed by atoms with Gasteiger partial charge in [0, 0.05) is 6.42 Å². The summed E-state index contributed by atoms with van der Waals surface area (Å²) in [6, 6.07) is -0.720. The first kappa shape index (κ1) is 51.0. The third-order valence-corrected chi connectivity index (χ3v) is 9.38. The molecule has 3 unspecified atom stereocenters. The van der Waals surface area contributed by atoms with E-state index in [1.807, 2.05) is 30.4 Å². The Balaban J connectivity index is 4.75. The summed E-state index contributed by atoms with van der Waals surface area (Å²) in [5.41, 5.74) is 0. The van der Waals surface area contributed by atoms with E-state index in [4.69, 9.17) is 4.74 Å². The van der Waals surface area contributed by atoms with Gasteiger partial charge in [-0.2, -0.15) is 0 Å². The second-order valence-corrected chi connectivity index (χ2v) is 14.5. The Hall–Kier alpha value is -2.96. The molecule has 0 bridgehead atoms. The maximum Gasteiger partial charge on any atom is 0.306 e. The van der Waals surface area contributed by atoms with Gasteiger partial charge in [-0.25, -0.2) is 0 Å². The van der Waals surface area contributed by atoms with Crippen LogP contribution < -0.4 is 5.32 Å². The van der Waals surface area contributed by atoms with Crippen LogP contribution in [0, 0.1) is 0 Å². The van der Waals surface area contributed by atoms with Crippen molar-refractivity contribution in [1.29, 1.82) is 0 Å². The van der Waals surface area contributed by atoms with E-state index >= 15 is 0 Å². The van der Waals surface area contributed by atoms with Crippen molar-refractivity contribution < 1.29 is 24.5 Å². The van der Waals surface area contributed by atoms with E-state index in [2.05, 4.69) is 80.8 Å². The monoisotopic (exact) mass is 752 g/mol. The number of carbonyl (C=O) groups excluding carboxylic acids is 2. The highest BCUT2D eigenvalue weighted by atomic mass is 16.5. The average Bonchev–Trinajstić information content (AvgIpc) is 3.16. The van der Waals surface area contributed by atoms with Crippen molar-refractivity contribution in [3.05, 3.63) is 85.1 Å². The van der Waals surface area contributed by atoms with Crippen LogP contribution in [0.15, 0.2) is 85.1 Å². The molecule has 6 heteroatoms. The molecular weight excluding hydrogens is 671 g/mol. The minimum atomic E-state index is -0.804. The molecular formula is C48H81NO5. The molecule has 0 fully saturated rings. The van der Waals surface area contributed by atoms with Crippen LogP contribution in [0.3, 0.4) is 0 Å². The van der Waals surface area contributed by atoms with Crippen LogP contribution in [-0.4, -0.2) is 46.9 Å². The van der Waals surface area contributed by atoms with E-state index in [9.17, 15) is 19.8 Å². The Morgan fingerprint density at radius 3 is 1.54 bits per heavy atom. The molecule has 0 aromatic heterocycles. The predicted octanol–water partition coefficient (Wildman–Crippen LogP) is 12.4. The number of hydrogen-bond acceptors (Lipinski definition) is 5. The summed E-state index contributed by atoms with van der Waals surface area (Å²) in [4.78, 5) is 25.9. The Morgan fingerprint density at radius 2 is 1.00 bits per heavy atom. The quantitative estimate of drug-likeness (QED) is 0.0334. The lowest BCUT2D eigenvalue weighted by molar-refractivity contribution is -0.151. The van der Waals surface area contributed by atoms with Gasteiger partial charge in [-0.05, 0) is 64.2 Å². The molecule has 0 saturated heterocycles. The molecule has 308 valence electrons. The first-order valence-electron chi connectivity index (χ1n) is 21.9. The molecule has 1 amide bonds. The van der Waals surface area contributed by atoms with Crippen molar-refractivity contribution >= 4 is 11.9 Å². The number of rotatable bonds is 37. The number of ether oxygens (including phenoxy) is 1. The minimum Gasteiger partial charge on any atom is -0.462 e. The number of nitrogens with one attached hydrogen (secondary N) is 1. The Bertz CT molecular complexity index is 1070. The van der Waals surface area contributed by atoms with Gasteiger partial charge in [-0.15, -0.1) is 0 Å². The Morgan fingerprint density at radius 1 is 0.556 bits per heavy atom. The number of unbranched alkanes of at least 4 members (excludes halogenated alkanes) is 16. The largest absolute Gasteiger partial charge is 0.462 e. The number of aliphatic hydroxyl groups excluding tert-OH is 2. The zero-order valence-corrected chi connectivity index (χ0v) is 34.8. The average molecular weight is 752 g/mol. The molecule has 0 aromatic carbocycles. The molecule has 0 aliphatic carbocycles. The van der Waals surface area contributed by atoms with E-state index in [0.717, 1.165) is 96.3 Å². The number of esters is 1. The molecule has 0 saturated carbocycles. The zero-order chi connectivity index (χ0) is 39.6. The number of amides is 1. The molecule has 0 radical (unpaired) electrons. The minimum absolute atomic E-state index is 0.0379. The van der Waals surface area contributed by atoms with E-state index in [1.165, 1.54) is 38.5 Å². The SMILES string of the molecule is CC/C=C/C=C/C=C\CCCCCCCC(=O)OC(CCCCC\C=C/C=C/C=C/C=C/CC)CC(=O)NC(CO)C(O)CCCCCCCCCCC. The Kier molecular flexibility index (Phi) is 38.9. The molecule has 0 rings (SSSR count). The lowest BCUT2D eigenvalue weighted by Gasteiger charge is -2.24. The van der Waals surface area contributed by atoms with Crippen molar-refractivity contribution in [2.45, 2.75) is 200 Å². The normalized spacial score (nSPS) is 14.2. The highest BCUT2D eigenvalue weighted by Crippen LogP contribution is 2.16. The summed E-state index contributed by atoms with van der Waals surface area (Å²) in [7, 11) is 0. The summed E-state index contributed by atoms with van der Waals surface area (Å²) in [5, 5.41) is 23.5. The van der Waals surface area contributed by atoms with Gasteiger partial charge in [0.25, 0.3) is 0 Å². The highest BCUT2D eigenvalue weighted by molar-refractivity contribution is 5.77. The standard InChI is InChI=1S/C48H81NO5/c1-4-7-10-13-16-19-21-23-25-28-30-33-36-39-44(54-48(53)41-38-35-32-29-26-24-22-20-17-14-11-8-5-2)42-47(52)49-45(43-50)46(51)40-37-34-31-27-18-15-12-9-6-3/h7-8,10-11,13-14,16-17,19-23,25,44-46,50-51H,4-6,9,12,15,18,24,26-43H2,1-3H3,(H,49,52)/b10-7+,11-8+,16-13+,17-14+,21-19+,22-20-,25-23-. The molecule has 0 aliphatic heterocycles. The summed E-state index contributed by atoms with van der Waals surface area (Å²) in [6.07, 6.45) is 52.1. The van der Waals surface area contributed by atoms with Gasteiger partial charge in [0.05, 0.1) is 25.2 Å². The van der Waals surface area contributed by atoms with Crippen molar-refractivity contribution in [3.63, 3.8) is 0 Å². The number of hydrogen-bond donors (Lipinski definition) is 3. The summed E-state index contributed by atoms with van der Waals surface area (Å²) >= 11 is 0. The molecule has 6 nitrogen and oxygen atoms in total. The molecule has 54 heavy (non-hydrogen) atoms. The summed E-state index contributed by atoms with van der Waals surface area (Å²) in [6.45, 7) is 6.14. The van der Waals surface area contributed by atoms with Gasteiger partial charge in [0.2, 0.25) is 5.91 Å². The van der Waals surface area contributed by atoms with E-state index in [-0.39, 0.29) is 24.9 Å². The fourth-order valence-electron chi connectivity index (χ4n) is 6.09. The molecule has 0 aromatic rings. The van der Waals surface area contributed by atoms with Crippen LogP contribution in [0.2, 0.25) is 0 Å². The van der Waals surface area contributed by atoms with E-state index in [0.29, 0.717) is 19.3 Å². The van der Waals surface area contributed by atoms with Crippen LogP contribution in [0.4, 0.5) is 0 Å². The lowest BCUT2D eigenvalue weighted by Crippen LogP contribution is -2.46. The van der Waals surface area contributed by atoms with Gasteiger partial charge in [0.1, 0.15) is 6.10 Å². The second kappa shape index (κ2) is 41.2. The first-order chi connectivity index (χ1) is 26.5. The summed E-state index contributed by atoms with van der Waals surface area (Å²) in [5.74, 6) is -0.549. The third-order valence-electron chi connectivity index (χ3n) is 9.38. The summed E-state index contributed by atoms with van der Waals surface area (Å²) < 4.78 is 5.86. The van der Waals surface area contributed by atoms with Gasteiger partial charge in [0.15, 0.2) is 0 Å². The number of carbonyl (C=O) groups is 2. The van der Waals surface area contributed by atoms with Crippen molar-refractivity contribution in [2.24, 2.45) is 0 Å². The molecule has 3 N–H and O–H groups in total. The van der Waals surface area contributed by atoms with Crippen LogP contribution in [-0.2, 0) is 14.3 Å². The molecule has 0 aliphatic rings. The smallest absolute Gasteiger partial charge is 0.306 e. The van der Waals surface area contributed by atoms with Crippen molar-refractivity contribution in [1.82, 2.24) is 5.32 Å². The topological polar surface area (TPSA) is 95.9 Å². The number of aliphatic hydroxyl groups is 2. The van der Waals surface area contributed by atoms with Gasteiger partial charge < -0.3 is 20.3 Å². The maximum atomic E-state index is 13.1. The lowest BCUT2D eigenvalue weighted by atomic mass is 10.0. The molecule has 0 heterocycles. The highest BCUT2D eigenvalue weighted by Gasteiger charge is 2.24. The van der Waals surface area contributed by atoms with Crippen molar-refractivity contribution in [2.75, 3.05) is 6.61 Å². The van der Waals surface area contributed by atoms with E-state index < -0.39 is 18.2 Å².